The number of likely N-dealkylation sites (tertiary alicyclic amines) is 1. The Hall–Kier alpha value is -0.570. The third-order valence-corrected chi connectivity index (χ3v) is 3.90. The van der Waals surface area contributed by atoms with Gasteiger partial charge in [-0.2, -0.15) is 0 Å². The van der Waals surface area contributed by atoms with Crippen molar-refractivity contribution < 1.29 is 9.53 Å². The summed E-state index contributed by atoms with van der Waals surface area (Å²) in [6.07, 6.45) is 2.99. The first-order chi connectivity index (χ1) is 7.35. The lowest BCUT2D eigenvalue weighted by atomic mass is 9.75. The van der Waals surface area contributed by atoms with Crippen LogP contribution in [0, 0.1) is 5.41 Å². The Labute approximate surface area is 98.1 Å². The van der Waals surface area contributed by atoms with E-state index in [1.165, 1.54) is 0 Å². The van der Waals surface area contributed by atoms with Gasteiger partial charge in [0.15, 0.2) is 0 Å². The highest BCUT2D eigenvalue weighted by Crippen LogP contribution is 2.46. The number of piperidine rings is 1. The lowest BCUT2D eigenvalue weighted by Crippen LogP contribution is -2.48. The molecule has 0 N–H and O–H groups in total. The topological polar surface area (TPSA) is 29.5 Å². The molecule has 2 rings (SSSR count). The minimum absolute atomic E-state index is 0.0304. The zero-order chi connectivity index (χ0) is 12.0. The van der Waals surface area contributed by atoms with Crippen LogP contribution in [0.15, 0.2) is 0 Å². The van der Waals surface area contributed by atoms with Gasteiger partial charge in [0.05, 0.1) is 5.41 Å². The highest BCUT2D eigenvalue weighted by atomic mass is 16.6. The molecule has 1 atom stereocenters. The molecule has 0 aromatic carbocycles. The van der Waals surface area contributed by atoms with E-state index in [-0.39, 0.29) is 17.0 Å². The molecule has 1 spiro atoms. The Bertz CT molecular complexity index is 298. The summed E-state index contributed by atoms with van der Waals surface area (Å²) in [6.45, 7) is 10.4. The zero-order valence-electron chi connectivity index (χ0n) is 10.9. The molecule has 2 aliphatic heterocycles. The summed E-state index contributed by atoms with van der Waals surface area (Å²) in [6, 6.07) is 0.522. The Balaban J connectivity index is 2.16. The number of carbonyl (C=O) groups is 1. The maximum absolute atomic E-state index is 12.1. The molecule has 0 bridgehead atoms. The number of hydrogen-bond acceptors (Lipinski definition) is 3. The van der Waals surface area contributed by atoms with Crippen molar-refractivity contribution in [1.82, 2.24) is 4.90 Å². The quantitative estimate of drug-likeness (QED) is 0.641. The normalized spacial score (nSPS) is 34.7. The van der Waals surface area contributed by atoms with Crippen LogP contribution < -0.4 is 0 Å². The maximum atomic E-state index is 12.1. The van der Waals surface area contributed by atoms with E-state index < -0.39 is 0 Å². The van der Waals surface area contributed by atoms with Gasteiger partial charge in [-0.3, -0.25) is 9.69 Å². The number of cyclic esters (lactones) is 1. The van der Waals surface area contributed by atoms with E-state index >= 15 is 0 Å². The van der Waals surface area contributed by atoms with Gasteiger partial charge in [0.2, 0.25) is 0 Å². The number of esters is 1. The first-order valence-corrected chi connectivity index (χ1v) is 6.32. The maximum Gasteiger partial charge on any atom is 0.314 e. The summed E-state index contributed by atoms with van der Waals surface area (Å²) in [5, 5.41) is 0. The number of ether oxygens (including phenoxy) is 1. The van der Waals surface area contributed by atoms with Crippen LogP contribution in [-0.2, 0) is 9.53 Å². The molecule has 16 heavy (non-hydrogen) atoms. The fraction of sp³-hybridized carbons (Fsp3) is 0.923. The van der Waals surface area contributed by atoms with E-state index in [0.29, 0.717) is 6.04 Å². The average molecular weight is 225 g/mol. The molecule has 0 radical (unpaired) electrons. The number of hydrogen-bond donors (Lipinski definition) is 0. The van der Waals surface area contributed by atoms with Crippen LogP contribution in [0.4, 0.5) is 0 Å². The van der Waals surface area contributed by atoms with E-state index in [1.807, 2.05) is 13.8 Å². The van der Waals surface area contributed by atoms with E-state index in [4.69, 9.17) is 4.74 Å². The standard InChI is InChI=1S/C13H23NO2/c1-10(2)14-7-5-6-13(9-14)8-12(3,4)16-11(13)15/h10H,5-9H2,1-4H3. The molecule has 2 saturated heterocycles. The fourth-order valence-corrected chi connectivity index (χ4v) is 3.20. The third kappa shape index (κ3) is 1.97. The first-order valence-electron chi connectivity index (χ1n) is 6.32. The van der Waals surface area contributed by atoms with Crippen LogP contribution in [0.1, 0.15) is 47.0 Å². The summed E-state index contributed by atoms with van der Waals surface area (Å²) >= 11 is 0. The van der Waals surface area contributed by atoms with Gasteiger partial charge in [0.1, 0.15) is 5.60 Å². The smallest absolute Gasteiger partial charge is 0.314 e. The van der Waals surface area contributed by atoms with Crippen LogP contribution in [0.25, 0.3) is 0 Å². The van der Waals surface area contributed by atoms with Gasteiger partial charge in [-0.05, 0) is 47.1 Å². The van der Waals surface area contributed by atoms with E-state index in [2.05, 4.69) is 18.7 Å². The minimum Gasteiger partial charge on any atom is -0.459 e. The van der Waals surface area contributed by atoms with Crippen LogP contribution >= 0.6 is 0 Å². The van der Waals surface area contributed by atoms with Crippen molar-refractivity contribution in [2.75, 3.05) is 13.1 Å². The monoisotopic (exact) mass is 225 g/mol. The van der Waals surface area contributed by atoms with Crippen molar-refractivity contribution in [3.8, 4) is 0 Å². The highest BCUT2D eigenvalue weighted by Gasteiger charge is 2.54. The summed E-state index contributed by atoms with van der Waals surface area (Å²) in [5.74, 6) is 0.0304. The molecule has 3 nitrogen and oxygen atoms in total. The highest BCUT2D eigenvalue weighted by molar-refractivity contribution is 5.80. The molecule has 2 heterocycles. The SMILES string of the molecule is CC(C)N1CCCC2(C1)CC(C)(C)OC2=O. The van der Waals surface area contributed by atoms with E-state index in [0.717, 1.165) is 32.4 Å². The van der Waals surface area contributed by atoms with Gasteiger partial charge < -0.3 is 4.74 Å². The Morgan fingerprint density at radius 1 is 1.38 bits per heavy atom. The minimum atomic E-state index is -0.267. The van der Waals surface area contributed by atoms with Crippen LogP contribution in [0.5, 0.6) is 0 Å². The predicted octanol–water partition coefficient (Wildman–Crippen LogP) is 2.20. The summed E-state index contributed by atoms with van der Waals surface area (Å²) in [5.41, 5.74) is -0.483. The number of nitrogens with zero attached hydrogens (tertiary/aromatic N) is 1. The van der Waals surface area contributed by atoms with Crippen LogP contribution in [-0.4, -0.2) is 35.6 Å². The molecule has 92 valence electrons. The van der Waals surface area contributed by atoms with Crippen molar-refractivity contribution in [3.05, 3.63) is 0 Å². The van der Waals surface area contributed by atoms with Gasteiger partial charge in [0, 0.05) is 19.0 Å². The molecule has 1 unspecified atom stereocenters. The second kappa shape index (κ2) is 3.73. The van der Waals surface area contributed by atoms with Crippen LogP contribution in [0.2, 0.25) is 0 Å². The predicted molar refractivity (Wildman–Crippen MR) is 63.2 cm³/mol. The van der Waals surface area contributed by atoms with Gasteiger partial charge in [-0.1, -0.05) is 0 Å². The van der Waals surface area contributed by atoms with E-state index in [1.54, 1.807) is 0 Å². The lowest BCUT2D eigenvalue weighted by molar-refractivity contribution is -0.154. The van der Waals surface area contributed by atoms with Gasteiger partial charge >= 0.3 is 5.97 Å². The first kappa shape index (κ1) is 11.9. The largest absolute Gasteiger partial charge is 0.459 e. The van der Waals surface area contributed by atoms with Crippen molar-refractivity contribution in [1.29, 1.82) is 0 Å². The van der Waals surface area contributed by atoms with Crippen molar-refractivity contribution in [3.63, 3.8) is 0 Å². The number of rotatable bonds is 1. The Morgan fingerprint density at radius 2 is 2.06 bits per heavy atom. The third-order valence-electron chi connectivity index (χ3n) is 3.90. The van der Waals surface area contributed by atoms with Crippen molar-refractivity contribution >= 4 is 5.97 Å². The van der Waals surface area contributed by atoms with E-state index in [9.17, 15) is 4.79 Å². The molecule has 0 saturated carbocycles. The molecule has 2 aliphatic rings. The van der Waals surface area contributed by atoms with Gasteiger partial charge in [-0.25, -0.2) is 0 Å². The molecule has 0 aromatic rings. The Kier molecular flexibility index (Phi) is 2.77. The summed E-state index contributed by atoms with van der Waals surface area (Å²) in [4.78, 5) is 14.5. The van der Waals surface area contributed by atoms with Crippen molar-refractivity contribution in [2.45, 2.75) is 58.6 Å². The van der Waals surface area contributed by atoms with Crippen molar-refractivity contribution in [2.24, 2.45) is 5.41 Å². The molecular formula is C13H23NO2. The average Bonchev–Trinajstić information content (AvgIpc) is 2.36. The molecular weight excluding hydrogens is 202 g/mol. The molecule has 0 aliphatic carbocycles. The second-order valence-corrected chi connectivity index (χ2v) is 6.27. The number of carbonyl (C=O) groups excluding carboxylic acids is 1. The molecule has 0 aromatic heterocycles. The second-order valence-electron chi connectivity index (χ2n) is 6.27. The molecule has 0 amide bonds. The van der Waals surface area contributed by atoms with Gasteiger partial charge in [0.25, 0.3) is 0 Å². The molecule has 2 fully saturated rings. The Morgan fingerprint density at radius 3 is 2.56 bits per heavy atom. The summed E-state index contributed by atoms with van der Waals surface area (Å²) in [7, 11) is 0. The zero-order valence-corrected chi connectivity index (χ0v) is 10.9. The van der Waals surface area contributed by atoms with Gasteiger partial charge in [-0.15, -0.1) is 0 Å². The summed E-state index contributed by atoms with van der Waals surface area (Å²) < 4.78 is 5.50. The van der Waals surface area contributed by atoms with Crippen LogP contribution in [0.3, 0.4) is 0 Å². The fourth-order valence-electron chi connectivity index (χ4n) is 3.20. The molecule has 3 heteroatoms. The lowest BCUT2D eigenvalue weighted by Gasteiger charge is -2.40.